The number of benzene rings is 1. The van der Waals surface area contributed by atoms with Crippen molar-refractivity contribution in [2.24, 2.45) is 0 Å². The van der Waals surface area contributed by atoms with Gasteiger partial charge in [-0.2, -0.15) is 0 Å². The highest BCUT2D eigenvalue weighted by Gasteiger charge is 2.26. The number of carbonyl (C=O) groups excluding carboxylic acids is 1. The maximum Gasteiger partial charge on any atom is 0.286 e. The number of nitro groups is 1. The van der Waals surface area contributed by atoms with Crippen molar-refractivity contribution < 1.29 is 19.2 Å². The van der Waals surface area contributed by atoms with Gasteiger partial charge in [0.2, 0.25) is 0 Å². The number of ether oxygens (including phenoxy) is 2. The highest BCUT2D eigenvalue weighted by molar-refractivity contribution is 7.15. The molecule has 2 aromatic rings. The number of aryl methyl sites for hydroxylation is 2. The van der Waals surface area contributed by atoms with Gasteiger partial charge in [0.15, 0.2) is 16.6 Å². The van der Waals surface area contributed by atoms with Crippen molar-refractivity contribution >= 4 is 28.1 Å². The minimum atomic E-state index is -0.621. The lowest BCUT2D eigenvalue weighted by Gasteiger charge is -2.10. The molecule has 8 nitrogen and oxygen atoms in total. The van der Waals surface area contributed by atoms with Crippen LogP contribution in [0.5, 0.6) is 11.5 Å². The number of carbonyl (C=O) groups is 1. The summed E-state index contributed by atoms with van der Waals surface area (Å²) in [6, 6.07) is 2.49. The summed E-state index contributed by atoms with van der Waals surface area (Å²) in [5, 5.41) is 14.4. The summed E-state index contributed by atoms with van der Waals surface area (Å²) in [4.78, 5) is 28.9. The van der Waals surface area contributed by atoms with Crippen LogP contribution in [0.15, 0.2) is 12.1 Å². The maximum atomic E-state index is 12.6. The number of methoxy groups -OCH3 is 2. The lowest BCUT2D eigenvalue weighted by molar-refractivity contribution is -0.385. The summed E-state index contributed by atoms with van der Waals surface area (Å²) < 4.78 is 10.2. The number of nitrogens with zero attached hydrogens (tertiary/aromatic N) is 2. The van der Waals surface area contributed by atoms with E-state index in [1.165, 1.54) is 42.6 Å². The number of nitro benzene ring substituents is 1. The van der Waals surface area contributed by atoms with Crippen LogP contribution in [-0.4, -0.2) is 30.0 Å². The van der Waals surface area contributed by atoms with Gasteiger partial charge in [-0.3, -0.25) is 20.2 Å². The molecular weight excluding hydrogens is 346 g/mol. The van der Waals surface area contributed by atoms with Gasteiger partial charge < -0.3 is 9.47 Å². The Morgan fingerprint density at radius 2 is 1.92 bits per heavy atom. The molecule has 0 saturated heterocycles. The van der Waals surface area contributed by atoms with Crippen LogP contribution in [-0.2, 0) is 12.8 Å². The fourth-order valence-corrected chi connectivity index (χ4v) is 3.82. The first-order valence-corrected chi connectivity index (χ1v) is 8.55. The van der Waals surface area contributed by atoms with Crippen LogP contribution in [0.4, 0.5) is 10.8 Å². The second kappa shape index (κ2) is 7.06. The highest BCUT2D eigenvalue weighted by atomic mass is 32.1. The summed E-state index contributed by atoms with van der Waals surface area (Å²) in [6.07, 6.45) is 4.06. The highest BCUT2D eigenvalue weighted by Crippen LogP contribution is 2.35. The number of nitrogens with one attached hydrogen (secondary N) is 1. The number of fused-ring (bicyclic) bond motifs is 1. The van der Waals surface area contributed by atoms with Gasteiger partial charge in [-0.1, -0.05) is 0 Å². The van der Waals surface area contributed by atoms with Crippen LogP contribution in [0, 0.1) is 10.1 Å². The Morgan fingerprint density at radius 3 is 2.56 bits per heavy atom. The fraction of sp³-hybridized carbons (Fsp3) is 0.375. The summed E-state index contributed by atoms with van der Waals surface area (Å²) in [6.45, 7) is 0. The van der Waals surface area contributed by atoms with E-state index in [0.29, 0.717) is 5.13 Å². The van der Waals surface area contributed by atoms with Crippen molar-refractivity contribution in [3.05, 3.63) is 38.4 Å². The first-order valence-electron chi connectivity index (χ1n) is 7.73. The third-order valence-electron chi connectivity index (χ3n) is 4.01. The van der Waals surface area contributed by atoms with Gasteiger partial charge in [0.25, 0.3) is 11.6 Å². The SMILES string of the molecule is COc1cc(C(=O)Nc2nc3c(s2)CCCC3)c([N+](=O)[O-])cc1OC. The number of amides is 1. The first-order chi connectivity index (χ1) is 12.0. The number of hydrogen-bond donors (Lipinski definition) is 1. The lowest BCUT2D eigenvalue weighted by Crippen LogP contribution is -2.14. The zero-order chi connectivity index (χ0) is 18.0. The number of rotatable bonds is 5. The zero-order valence-corrected chi connectivity index (χ0v) is 14.6. The molecule has 0 saturated carbocycles. The minimum Gasteiger partial charge on any atom is -0.493 e. The summed E-state index contributed by atoms with van der Waals surface area (Å²) >= 11 is 1.42. The molecule has 1 aromatic heterocycles. The van der Waals surface area contributed by atoms with E-state index in [4.69, 9.17) is 9.47 Å². The Hall–Kier alpha value is -2.68. The van der Waals surface area contributed by atoms with E-state index < -0.39 is 10.8 Å². The number of aromatic nitrogens is 1. The maximum absolute atomic E-state index is 12.6. The van der Waals surface area contributed by atoms with Crippen LogP contribution in [0.25, 0.3) is 0 Å². The average Bonchev–Trinajstić information content (AvgIpc) is 3.02. The van der Waals surface area contributed by atoms with Crippen LogP contribution in [0.3, 0.4) is 0 Å². The topological polar surface area (TPSA) is 104 Å². The Bertz CT molecular complexity index is 810. The normalized spacial score (nSPS) is 13.0. The molecule has 1 heterocycles. The molecule has 0 bridgehead atoms. The predicted molar refractivity (Wildman–Crippen MR) is 92.9 cm³/mol. The second-order valence-corrected chi connectivity index (χ2v) is 6.62. The van der Waals surface area contributed by atoms with Gasteiger partial charge in [-0.25, -0.2) is 4.98 Å². The van der Waals surface area contributed by atoms with Gasteiger partial charge >= 0.3 is 0 Å². The van der Waals surface area contributed by atoms with Crippen molar-refractivity contribution in [1.82, 2.24) is 4.98 Å². The van der Waals surface area contributed by atoms with Crippen molar-refractivity contribution in [2.45, 2.75) is 25.7 Å². The third kappa shape index (κ3) is 3.41. The molecule has 1 N–H and O–H groups in total. The fourth-order valence-electron chi connectivity index (χ4n) is 2.77. The summed E-state index contributed by atoms with van der Waals surface area (Å²) in [5.41, 5.74) is 0.556. The van der Waals surface area contributed by atoms with Gasteiger partial charge in [0, 0.05) is 10.9 Å². The zero-order valence-electron chi connectivity index (χ0n) is 13.8. The summed E-state index contributed by atoms with van der Waals surface area (Å²) in [5.74, 6) is -0.161. The van der Waals surface area contributed by atoms with Gasteiger partial charge in [0.05, 0.1) is 30.9 Å². The van der Waals surface area contributed by atoms with Gasteiger partial charge in [-0.15, -0.1) is 11.3 Å². The standard InChI is InChI=1S/C16H17N3O5S/c1-23-12-7-9(11(19(21)22)8-13(12)24-2)15(20)18-16-17-10-5-3-4-6-14(10)25-16/h7-8H,3-6H2,1-2H3,(H,17,18,20). The van der Waals surface area contributed by atoms with Gasteiger partial charge in [-0.05, 0) is 25.7 Å². The monoisotopic (exact) mass is 363 g/mol. The molecule has 1 aliphatic rings. The first kappa shape index (κ1) is 17.2. The quantitative estimate of drug-likeness (QED) is 0.646. The molecule has 0 unspecified atom stereocenters. The van der Waals surface area contributed by atoms with E-state index in [9.17, 15) is 14.9 Å². The molecular formula is C16H17N3O5S. The van der Waals surface area contributed by atoms with Gasteiger partial charge in [0.1, 0.15) is 5.56 Å². The molecule has 3 rings (SSSR count). The molecule has 0 fully saturated rings. The van der Waals surface area contributed by atoms with E-state index >= 15 is 0 Å². The third-order valence-corrected chi connectivity index (χ3v) is 5.08. The van der Waals surface area contributed by atoms with E-state index in [-0.39, 0.29) is 22.7 Å². The molecule has 0 atom stereocenters. The van der Waals surface area contributed by atoms with Crippen molar-refractivity contribution in [3.8, 4) is 11.5 Å². The lowest BCUT2D eigenvalue weighted by atomic mass is 10.0. The van der Waals surface area contributed by atoms with Crippen molar-refractivity contribution in [3.63, 3.8) is 0 Å². The number of thiazole rings is 1. The van der Waals surface area contributed by atoms with E-state index in [2.05, 4.69) is 10.3 Å². The average molecular weight is 363 g/mol. The second-order valence-electron chi connectivity index (χ2n) is 5.53. The molecule has 132 valence electrons. The number of anilines is 1. The van der Waals surface area contributed by atoms with Crippen molar-refractivity contribution in [2.75, 3.05) is 19.5 Å². The Kier molecular flexibility index (Phi) is 4.84. The minimum absolute atomic E-state index is 0.101. The smallest absolute Gasteiger partial charge is 0.286 e. The molecule has 25 heavy (non-hydrogen) atoms. The molecule has 1 aromatic carbocycles. The largest absolute Gasteiger partial charge is 0.493 e. The molecule has 0 radical (unpaired) electrons. The van der Waals surface area contributed by atoms with E-state index in [1.807, 2.05) is 0 Å². The summed E-state index contributed by atoms with van der Waals surface area (Å²) in [7, 11) is 2.78. The van der Waals surface area contributed by atoms with Crippen LogP contribution >= 0.6 is 11.3 Å². The Labute approximate surface area is 147 Å². The van der Waals surface area contributed by atoms with E-state index in [0.717, 1.165) is 31.4 Å². The predicted octanol–water partition coefficient (Wildman–Crippen LogP) is 3.20. The van der Waals surface area contributed by atoms with Crippen LogP contribution in [0.2, 0.25) is 0 Å². The molecule has 0 aliphatic heterocycles. The van der Waals surface area contributed by atoms with E-state index in [1.54, 1.807) is 0 Å². The van der Waals surface area contributed by atoms with Crippen LogP contribution < -0.4 is 14.8 Å². The van der Waals surface area contributed by atoms with Crippen molar-refractivity contribution in [1.29, 1.82) is 0 Å². The number of hydrogen-bond acceptors (Lipinski definition) is 7. The Morgan fingerprint density at radius 1 is 1.24 bits per heavy atom. The molecule has 0 spiro atoms. The van der Waals surface area contributed by atoms with Crippen LogP contribution in [0.1, 0.15) is 33.8 Å². The molecule has 1 amide bonds. The molecule has 9 heteroatoms. The molecule has 1 aliphatic carbocycles. The Balaban J connectivity index is 1.92.